The largest absolute Gasteiger partial charge is 0.309 e. The van der Waals surface area contributed by atoms with E-state index in [0.29, 0.717) is 12.4 Å². The third-order valence-electron chi connectivity index (χ3n) is 3.78. The zero-order valence-corrected chi connectivity index (χ0v) is 11.2. The highest BCUT2D eigenvalue weighted by molar-refractivity contribution is 7.25. The molecule has 0 saturated heterocycles. The Hall–Kier alpha value is -2.27. The highest BCUT2D eigenvalue weighted by atomic mass is 32.1. The van der Waals surface area contributed by atoms with E-state index in [2.05, 4.69) is 9.97 Å². The molecular weight excluding hydrogens is 268 g/mol. The Morgan fingerprint density at radius 1 is 1.30 bits per heavy atom. The molecule has 0 amide bonds. The summed E-state index contributed by atoms with van der Waals surface area (Å²) in [6.45, 7) is -1.64. The predicted molar refractivity (Wildman–Crippen MR) is 78.6 cm³/mol. The Morgan fingerprint density at radius 2 is 2.20 bits per heavy atom. The van der Waals surface area contributed by atoms with Crippen molar-refractivity contribution in [1.82, 2.24) is 14.5 Å². The molecule has 0 N–H and O–H groups in total. The Morgan fingerprint density at radius 3 is 3.15 bits per heavy atom. The summed E-state index contributed by atoms with van der Waals surface area (Å²) in [6.07, 6.45) is 3.45. The van der Waals surface area contributed by atoms with Gasteiger partial charge in [-0.3, -0.25) is 4.98 Å². The maximum absolute atomic E-state index is 8.00. The van der Waals surface area contributed by atoms with Gasteiger partial charge in [0.1, 0.15) is 12.1 Å². The average Bonchev–Trinajstić information content (AvgIpc) is 3.12. The summed E-state index contributed by atoms with van der Waals surface area (Å²) in [6, 6.07) is 7.72. The number of imidazole rings is 1. The van der Waals surface area contributed by atoms with Crippen LogP contribution in [0.1, 0.15) is 9.68 Å². The number of pyridine rings is 2. The van der Waals surface area contributed by atoms with Gasteiger partial charge in [0.2, 0.25) is 10.3 Å². The smallest absolute Gasteiger partial charge is 0.251 e. The molecule has 5 heterocycles. The van der Waals surface area contributed by atoms with Crippen molar-refractivity contribution in [2.45, 2.75) is 6.54 Å². The average molecular weight is 282 g/mol. The molecule has 4 nitrogen and oxygen atoms in total. The fourth-order valence-electron chi connectivity index (χ4n) is 2.95. The van der Waals surface area contributed by atoms with Gasteiger partial charge in [0.05, 0.1) is 15.8 Å². The van der Waals surface area contributed by atoms with Crippen LogP contribution in [0.15, 0.2) is 36.7 Å². The van der Waals surface area contributed by atoms with Crippen LogP contribution in [0.5, 0.6) is 0 Å². The topological polar surface area (TPSA) is 34.6 Å². The number of aromatic nitrogens is 4. The Labute approximate surface area is 123 Å². The van der Waals surface area contributed by atoms with E-state index in [1.165, 1.54) is 15.9 Å². The number of aryl methyl sites for hydroxylation is 1. The first kappa shape index (κ1) is 8.11. The predicted octanol–water partition coefficient (Wildman–Crippen LogP) is 2.50. The molecule has 0 atom stereocenters. The van der Waals surface area contributed by atoms with Crippen molar-refractivity contribution >= 4 is 31.9 Å². The number of thiophene rings is 1. The fraction of sp³-hybridized carbons (Fsp3) is 0.133. The quantitative estimate of drug-likeness (QED) is 0.409. The summed E-state index contributed by atoms with van der Waals surface area (Å²) in [5, 5.41) is 0. The summed E-state index contributed by atoms with van der Waals surface area (Å²) in [5.41, 5.74) is 3.52. The summed E-state index contributed by atoms with van der Waals surface area (Å²) < 4.78 is 28.5. The molecule has 1 aliphatic heterocycles. The molecule has 20 heavy (non-hydrogen) atoms. The van der Waals surface area contributed by atoms with Gasteiger partial charge in [0.25, 0.3) is 0 Å². The van der Waals surface area contributed by atoms with E-state index in [4.69, 9.17) is 4.11 Å². The highest BCUT2D eigenvalue weighted by Crippen LogP contribution is 2.37. The molecule has 0 fully saturated rings. The molecule has 0 saturated carbocycles. The third-order valence-corrected chi connectivity index (χ3v) is 4.89. The van der Waals surface area contributed by atoms with Crippen molar-refractivity contribution in [2.75, 3.05) is 0 Å². The summed E-state index contributed by atoms with van der Waals surface area (Å²) in [7, 11) is 0. The fourth-order valence-corrected chi connectivity index (χ4v) is 4.03. The zero-order valence-electron chi connectivity index (χ0n) is 13.4. The monoisotopic (exact) mass is 282 g/mol. The first-order valence-electron chi connectivity index (χ1n) is 7.82. The van der Waals surface area contributed by atoms with Gasteiger partial charge in [-0.2, -0.15) is 0 Å². The van der Waals surface area contributed by atoms with Gasteiger partial charge in [-0.05, 0) is 18.2 Å². The lowest BCUT2D eigenvalue weighted by atomic mass is 10.2. The van der Waals surface area contributed by atoms with Gasteiger partial charge in [-0.25, -0.2) is 14.1 Å². The molecule has 0 radical (unpaired) electrons. The van der Waals surface area contributed by atoms with E-state index in [1.54, 1.807) is 12.4 Å². The van der Waals surface area contributed by atoms with Crippen LogP contribution < -0.4 is 4.57 Å². The zero-order chi connectivity index (χ0) is 15.8. The molecule has 0 spiro atoms. The third kappa shape index (κ3) is 1.10. The molecule has 1 aliphatic rings. The highest BCUT2D eigenvalue weighted by Gasteiger charge is 2.35. The van der Waals surface area contributed by atoms with Gasteiger partial charge < -0.3 is 0 Å². The van der Waals surface area contributed by atoms with Gasteiger partial charge in [0, 0.05) is 18.0 Å². The van der Waals surface area contributed by atoms with Crippen LogP contribution in [0.4, 0.5) is 0 Å². The molecular formula is C15H11N4S+. The lowest BCUT2D eigenvalue weighted by molar-refractivity contribution is -0.631. The summed E-state index contributed by atoms with van der Waals surface area (Å²) in [4.78, 5) is 9.63. The molecule has 0 unspecified atom stereocenters. The van der Waals surface area contributed by atoms with Crippen molar-refractivity contribution in [2.24, 2.45) is 6.98 Å². The number of rotatable bonds is 0. The van der Waals surface area contributed by atoms with Crippen LogP contribution >= 0.6 is 11.3 Å². The van der Waals surface area contributed by atoms with Gasteiger partial charge in [-0.1, -0.05) is 17.4 Å². The van der Waals surface area contributed by atoms with Crippen molar-refractivity contribution in [3.05, 3.63) is 42.2 Å². The second-order valence-electron chi connectivity index (χ2n) is 4.86. The molecule has 0 aliphatic carbocycles. The van der Waals surface area contributed by atoms with E-state index in [-0.39, 0.29) is 0 Å². The van der Waals surface area contributed by atoms with Gasteiger partial charge >= 0.3 is 5.82 Å². The molecule has 0 bridgehead atoms. The second-order valence-corrected chi connectivity index (χ2v) is 5.89. The van der Waals surface area contributed by atoms with Crippen LogP contribution in [0.2, 0.25) is 0 Å². The van der Waals surface area contributed by atoms with E-state index < -0.39 is 6.98 Å². The second kappa shape index (κ2) is 3.43. The minimum Gasteiger partial charge on any atom is -0.251 e. The van der Waals surface area contributed by atoms with E-state index in [1.807, 2.05) is 28.8 Å². The summed E-state index contributed by atoms with van der Waals surface area (Å²) in [5.74, 6) is 0.648. The molecule has 5 heteroatoms. The minimum absolute atomic E-state index is 0.625. The number of hydrogen-bond acceptors (Lipinski definition) is 3. The molecule has 4 aromatic heterocycles. The van der Waals surface area contributed by atoms with Crippen LogP contribution in [-0.2, 0) is 13.5 Å². The van der Waals surface area contributed by atoms with Crippen LogP contribution in [0, 0.1) is 0 Å². The Balaban J connectivity index is 2.01. The number of hydrogen-bond donors (Lipinski definition) is 0. The molecule has 5 rings (SSSR count). The first-order valence-corrected chi connectivity index (χ1v) is 7.14. The van der Waals surface area contributed by atoms with Gasteiger partial charge in [-0.15, -0.1) is 0 Å². The lowest BCUT2D eigenvalue weighted by Gasteiger charge is -1.92. The van der Waals surface area contributed by atoms with Gasteiger partial charge in [0.15, 0.2) is 5.69 Å². The molecule has 0 aromatic carbocycles. The molecule has 4 aromatic rings. The van der Waals surface area contributed by atoms with E-state index in [9.17, 15) is 0 Å². The standard InChI is InChI=1S/C15H11N4S/c1-18-14-11-9(4-2-6-16-11)8-19(14)13-12-10(20-15(13)18)5-3-7-17-12/h2-7H,8H2,1H3/q+1/i1D3. The van der Waals surface area contributed by atoms with E-state index >= 15 is 0 Å². The van der Waals surface area contributed by atoms with Crippen molar-refractivity contribution < 1.29 is 8.68 Å². The van der Waals surface area contributed by atoms with Crippen molar-refractivity contribution in [3.8, 4) is 11.5 Å². The lowest BCUT2D eigenvalue weighted by Crippen LogP contribution is -2.28. The maximum Gasteiger partial charge on any atom is 0.309 e. The maximum atomic E-state index is 8.00. The SMILES string of the molecule is [2H]C([2H])([2H])[n+]1c2n(c3c4ncccc4sc31)Cc1cccnc1-2. The first-order chi connectivity index (χ1) is 11.1. The number of nitrogens with zero attached hydrogens (tertiary/aromatic N) is 4. The van der Waals surface area contributed by atoms with Crippen LogP contribution in [-0.4, -0.2) is 14.5 Å². The van der Waals surface area contributed by atoms with E-state index in [0.717, 1.165) is 31.8 Å². The van der Waals surface area contributed by atoms with Crippen LogP contribution in [0.3, 0.4) is 0 Å². The molecule has 96 valence electrons. The van der Waals surface area contributed by atoms with Crippen LogP contribution in [0.25, 0.3) is 32.1 Å². The minimum atomic E-state index is -2.27. The number of fused-ring (bicyclic) bond motifs is 7. The summed E-state index contributed by atoms with van der Waals surface area (Å²) >= 11 is 1.47. The van der Waals surface area contributed by atoms with Crippen molar-refractivity contribution in [1.29, 1.82) is 0 Å². The van der Waals surface area contributed by atoms with Crippen molar-refractivity contribution in [3.63, 3.8) is 0 Å². The normalized spacial score (nSPS) is 15.9. The Bertz CT molecular complexity index is 1090. The Kier molecular flexibility index (Phi) is 1.39.